The van der Waals surface area contributed by atoms with Crippen LogP contribution in [-0.4, -0.2) is 24.1 Å². The number of rotatable bonds is 5. The Morgan fingerprint density at radius 3 is 2.81 bits per heavy atom. The maximum absolute atomic E-state index is 11.3. The van der Waals surface area contributed by atoms with Gasteiger partial charge in [0.1, 0.15) is 11.5 Å². The van der Waals surface area contributed by atoms with Gasteiger partial charge in [0.05, 0.1) is 20.1 Å². The number of amides is 1. The van der Waals surface area contributed by atoms with E-state index in [9.17, 15) is 9.59 Å². The zero-order valence-electron chi connectivity index (χ0n) is 9.28. The van der Waals surface area contributed by atoms with Gasteiger partial charge in [0.25, 0.3) is 0 Å². The Bertz CT molecular complexity index is 373. The van der Waals surface area contributed by atoms with E-state index in [1.165, 1.54) is 7.11 Å². The minimum atomic E-state index is -0.396. The Labute approximate surface area is 92.9 Å². The lowest BCUT2D eigenvalue weighted by molar-refractivity contribution is -0.142. The third kappa shape index (κ3) is 4.12. The average Bonchev–Trinajstić information content (AvgIpc) is 2.69. The molecule has 0 aliphatic rings. The molecule has 1 aromatic heterocycles. The molecular formula is C10H14N2O4. The van der Waals surface area contributed by atoms with Gasteiger partial charge in [-0.25, -0.2) is 0 Å². The minimum Gasteiger partial charge on any atom is -0.469 e. The molecule has 0 bridgehead atoms. The summed E-state index contributed by atoms with van der Waals surface area (Å²) in [6.07, 6.45) is 0.198. The number of hydrogen-bond acceptors (Lipinski definition) is 5. The van der Waals surface area contributed by atoms with Crippen LogP contribution in [0.1, 0.15) is 24.3 Å². The molecule has 1 aromatic rings. The molecule has 0 aliphatic heterocycles. The molecule has 16 heavy (non-hydrogen) atoms. The summed E-state index contributed by atoms with van der Waals surface area (Å²) in [5.41, 5.74) is 0.656. The second-order valence-electron chi connectivity index (χ2n) is 3.28. The molecule has 0 saturated carbocycles. The number of carbonyl (C=O) groups is 2. The standard InChI is InChI=1S/C10H14N2O4/c1-7-5-8(12-16-7)6-11-9(13)3-4-10(14)15-2/h5H,3-4,6H2,1-2H3,(H,11,13). The molecule has 0 aromatic carbocycles. The fourth-order valence-corrected chi connectivity index (χ4v) is 1.10. The van der Waals surface area contributed by atoms with E-state index in [1.54, 1.807) is 13.0 Å². The molecule has 0 unspecified atom stereocenters. The smallest absolute Gasteiger partial charge is 0.306 e. The summed E-state index contributed by atoms with van der Waals surface area (Å²) in [4.78, 5) is 22.0. The number of aryl methyl sites for hydroxylation is 1. The van der Waals surface area contributed by atoms with Gasteiger partial charge in [0.2, 0.25) is 5.91 Å². The molecule has 1 N–H and O–H groups in total. The number of methoxy groups -OCH3 is 1. The van der Waals surface area contributed by atoms with Crippen LogP contribution in [-0.2, 0) is 20.9 Å². The van der Waals surface area contributed by atoms with Gasteiger partial charge in [-0.2, -0.15) is 0 Å². The van der Waals surface area contributed by atoms with E-state index >= 15 is 0 Å². The predicted molar refractivity (Wildman–Crippen MR) is 54.3 cm³/mol. The molecule has 6 nitrogen and oxygen atoms in total. The normalized spacial score (nSPS) is 9.88. The van der Waals surface area contributed by atoms with Gasteiger partial charge in [-0.05, 0) is 6.92 Å². The Morgan fingerprint density at radius 1 is 1.50 bits per heavy atom. The number of aromatic nitrogens is 1. The average molecular weight is 226 g/mol. The molecule has 0 radical (unpaired) electrons. The summed E-state index contributed by atoms with van der Waals surface area (Å²) in [5, 5.41) is 6.34. The first kappa shape index (κ1) is 12.2. The number of esters is 1. The van der Waals surface area contributed by atoms with Crippen LogP contribution >= 0.6 is 0 Å². The number of carbonyl (C=O) groups excluding carboxylic acids is 2. The zero-order valence-corrected chi connectivity index (χ0v) is 9.28. The van der Waals surface area contributed by atoms with Crippen LogP contribution in [0.25, 0.3) is 0 Å². The Kier molecular flexibility index (Phi) is 4.50. The van der Waals surface area contributed by atoms with Crippen molar-refractivity contribution in [2.75, 3.05) is 7.11 Å². The molecule has 0 fully saturated rings. The van der Waals surface area contributed by atoms with Crippen LogP contribution in [0.3, 0.4) is 0 Å². The minimum absolute atomic E-state index is 0.0835. The van der Waals surface area contributed by atoms with Crippen LogP contribution in [0.15, 0.2) is 10.6 Å². The van der Waals surface area contributed by atoms with E-state index in [4.69, 9.17) is 4.52 Å². The lowest BCUT2D eigenvalue weighted by Gasteiger charge is -2.01. The largest absolute Gasteiger partial charge is 0.469 e. The number of ether oxygens (including phenoxy) is 1. The predicted octanol–water partition coefficient (Wildman–Crippen LogP) is 0.552. The van der Waals surface area contributed by atoms with Crippen LogP contribution in [0.5, 0.6) is 0 Å². The van der Waals surface area contributed by atoms with Gasteiger partial charge >= 0.3 is 5.97 Å². The quantitative estimate of drug-likeness (QED) is 0.741. The highest BCUT2D eigenvalue weighted by molar-refractivity contribution is 5.81. The monoisotopic (exact) mass is 226 g/mol. The van der Waals surface area contributed by atoms with E-state index in [0.29, 0.717) is 18.0 Å². The van der Waals surface area contributed by atoms with Crippen LogP contribution in [0, 0.1) is 6.92 Å². The fourth-order valence-electron chi connectivity index (χ4n) is 1.10. The number of nitrogens with zero attached hydrogens (tertiary/aromatic N) is 1. The Morgan fingerprint density at radius 2 is 2.25 bits per heavy atom. The third-order valence-electron chi connectivity index (χ3n) is 1.93. The number of hydrogen-bond donors (Lipinski definition) is 1. The van der Waals surface area contributed by atoms with E-state index in [0.717, 1.165) is 0 Å². The molecule has 1 rings (SSSR count). The van der Waals surface area contributed by atoms with Gasteiger partial charge in [-0.3, -0.25) is 9.59 Å². The summed E-state index contributed by atoms with van der Waals surface area (Å²) in [5.74, 6) is 0.0808. The first-order valence-corrected chi connectivity index (χ1v) is 4.87. The van der Waals surface area contributed by atoms with E-state index < -0.39 is 5.97 Å². The Balaban J connectivity index is 2.22. The maximum Gasteiger partial charge on any atom is 0.306 e. The van der Waals surface area contributed by atoms with Crippen molar-refractivity contribution in [1.82, 2.24) is 10.5 Å². The van der Waals surface area contributed by atoms with E-state index in [2.05, 4.69) is 15.2 Å². The highest BCUT2D eigenvalue weighted by Crippen LogP contribution is 2.01. The molecule has 0 saturated heterocycles. The van der Waals surface area contributed by atoms with Gasteiger partial charge in [-0.1, -0.05) is 5.16 Å². The lowest BCUT2D eigenvalue weighted by atomic mass is 10.3. The molecular weight excluding hydrogens is 212 g/mol. The molecule has 0 spiro atoms. The van der Waals surface area contributed by atoms with Crippen molar-refractivity contribution in [3.05, 3.63) is 17.5 Å². The first-order valence-electron chi connectivity index (χ1n) is 4.87. The topological polar surface area (TPSA) is 81.4 Å². The molecule has 0 aliphatic carbocycles. The van der Waals surface area contributed by atoms with E-state index in [1.807, 2.05) is 0 Å². The zero-order chi connectivity index (χ0) is 12.0. The summed E-state index contributed by atoms with van der Waals surface area (Å²) < 4.78 is 9.26. The highest BCUT2D eigenvalue weighted by atomic mass is 16.5. The molecule has 0 atom stereocenters. The molecule has 1 amide bonds. The van der Waals surface area contributed by atoms with Crippen molar-refractivity contribution in [2.24, 2.45) is 0 Å². The van der Waals surface area contributed by atoms with Gasteiger partial charge < -0.3 is 14.6 Å². The van der Waals surface area contributed by atoms with Gasteiger partial charge in [-0.15, -0.1) is 0 Å². The second-order valence-corrected chi connectivity index (χ2v) is 3.28. The Hall–Kier alpha value is -1.85. The highest BCUT2D eigenvalue weighted by Gasteiger charge is 2.07. The summed E-state index contributed by atoms with van der Waals surface area (Å²) in [6, 6.07) is 1.74. The number of nitrogens with one attached hydrogen (secondary N) is 1. The summed E-state index contributed by atoms with van der Waals surface area (Å²) in [6.45, 7) is 2.08. The first-order chi connectivity index (χ1) is 7.61. The van der Waals surface area contributed by atoms with Gasteiger partial charge in [0, 0.05) is 12.5 Å². The summed E-state index contributed by atoms with van der Waals surface area (Å²) in [7, 11) is 1.29. The van der Waals surface area contributed by atoms with E-state index in [-0.39, 0.29) is 18.7 Å². The van der Waals surface area contributed by atoms with Crippen molar-refractivity contribution in [3.8, 4) is 0 Å². The summed E-state index contributed by atoms with van der Waals surface area (Å²) >= 11 is 0. The van der Waals surface area contributed by atoms with Crippen molar-refractivity contribution in [3.63, 3.8) is 0 Å². The van der Waals surface area contributed by atoms with Crippen LogP contribution in [0.2, 0.25) is 0 Å². The molecule has 88 valence electrons. The van der Waals surface area contributed by atoms with Crippen molar-refractivity contribution < 1.29 is 18.8 Å². The maximum atomic E-state index is 11.3. The fraction of sp³-hybridized carbons (Fsp3) is 0.500. The lowest BCUT2D eigenvalue weighted by Crippen LogP contribution is -2.23. The molecule has 1 heterocycles. The van der Waals surface area contributed by atoms with Gasteiger partial charge in [0.15, 0.2) is 0 Å². The second kappa shape index (κ2) is 5.89. The molecule has 6 heteroatoms. The third-order valence-corrected chi connectivity index (χ3v) is 1.93. The van der Waals surface area contributed by atoms with Crippen molar-refractivity contribution in [1.29, 1.82) is 0 Å². The van der Waals surface area contributed by atoms with Crippen LogP contribution < -0.4 is 5.32 Å². The van der Waals surface area contributed by atoms with Crippen molar-refractivity contribution in [2.45, 2.75) is 26.3 Å². The van der Waals surface area contributed by atoms with Crippen molar-refractivity contribution >= 4 is 11.9 Å². The van der Waals surface area contributed by atoms with Crippen LogP contribution in [0.4, 0.5) is 0 Å². The SMILES string of the molecule is COC(=O)CCC(=O)NCc1cc(C)on1.